The first-order valence-electron chi connectivity index (χ1n) is 8.78. The van der Waals surface area contributed by atoms with Crippen LogP contribution < -0.4 is 4.74 Å². The van der Waals surface area contributed by atoms with E-state index in [1.54, 1.807) is 30.5 Å². The number of methoxy groups -OCH3 is 1. The lowest BCUT2D eigenvalue weighted by Gasteiger charge is -2.23. The fraction of sp³-hybridized carbons (Fsp3) is 0.190. The Kier molecular flexibility index (Phi) is 6.67. The Labute approximate surface area is 170 Å². The maximum atomic E-state index is 13.4. The summed E-state index contributed by atoms with van der Waals surface area (Å²) in [6.45, 7) is 0.463. The molecule has 0 amide bonds. The average molecular weight is 417 g/mol. The predicted octanol–water partition coefficient (Wildman–Crippen LogP) is 4.18. The summed E-state index contributed by atoms with van der Waals surface area (Å²) in [5.41, 5.74) is 1.72. The molecule has 0 unspecified atom stereocenters. The predicted molar refractivity (Wildman–Crippen MR) is 110 cm³/mol. The fourth-order valence-corrected chi connectivity index (χ4v) is 4.68. The standard InChI is InChI=1S/C21H21ClN2O3S/c1-27-20-11-10-18(22)15-21(20)28(25,26)24(16-19-9-5-6-13-23-19)14-12-17-7-3-2-4-8-17/h2-11,13,15H,12,14,16H2,1H3. The number of aromatic nitrogens is 1. The highest BCUT2D eigenvalue weighted by Crippen LogP contribution is 2.30. The summed E-state index contributed by atoms with van der Waals surface area (Å²) in [6, 6.07) is 19.8. The number of nitrogens with zero attached hydrogens (tertiary/aromatic N) is 2. The minimum atomic E-state index is -3.85. The van der Waals surface area contributed by atoms with Crippen molar-refractivity contribution in [2.45, 2.75) is 17.9 Å². The van der Waals surface area contributed by atoms with Crippen LogP contribution in [-0.2, 0) is 23.0 Å². The first-order valence-corrected chi connectivity index (χ1v) is 10.6. The van der Waals surface area contributed by atoms with E-state index in [9.17, 15) is 8.42 Å². The van der Waals surface area contributed by atoms with Crippen LogP contribution >= 0.6 is 11.6 Å². The summed E-state index contributed by atoms with van der Waals surface area (Å²) >= 11 is 6.07. The Hall–Kier alpha value is -2.41. The molecule has 7 heteroatoms. The van der Waals surface area contributed by atoms with Crippen LogP contribution in [0.1, 0.15) is 11.3 Å². The van der Waals surface area contributed by atoms with Gasteiger partial charge in [0.15, 0.2) is 0 Å². The molecule has 0 aliphatic heterocycles. The van der Waals surface area contributed by atoms with Gasteiger partial charge in [-0.2, -0.15) is 4.31 Å². The molecule has 3 rings (SSSR count). The van der Waals surface area contributed by atoms with Crippen LogP contribution in [0.15, 0.2) is 77.8 Å². The third-order valence-corrected chi connectivity index (χ3v) is 6.40. The number of pyridine rings is 1. The van der Waals surface area contributed by atoms with E-state index in [0.717, 1.165) is 5.56 Å². The Bertz CT molecular complexity index is 1010. The van der Waals surface area contributed by atoms with Crippen molar-refractivity contribution >= 4 is 21.6 Å². The zero-order chi connectivity index (χ0) is 20.0. The number of rotatable bonds is 8. The van der Waals surface area contributed by atoms with Gasteiger partial charge in [0.25, 0.3) is 0 Å². The lowest BCUT2D eigenvalue weighted by molar-refractivity contribution is 0.385. The molecule has 0 aliphatic carbocycles. The van der Waals surface area contributed by atoms with Gasteiger partial charge in [0, 0.05) is 17.8 Å². The molecular weight excluding hydrogens is 396 g/mol. The molecule has 0 bridgehead atoms. The van der Waals surface area contributed by atoms with Crippen molar-refractivity contribution in [2.75, 3.05) is 13.7 Å². The van der Waals surface area contributed by atoms with Gasteiger partial charge in [-0.1, -0.05) is 48.0 Å². The second-order valence-electron chi connectivity index (χ2n) is 6.19. The van der Waals surface area contributed by atoms with Crippen LogP contribution in [0, 0.1) is 0 Å². The lowest BCUT2D eigenvalue weighted by atomic mass is 10.1. The molecule has 0 saturated heterocycles. The van der Waals surface area contributed by atoms with E-state index in [1.807, 2.05) is 36.4 Å². The molecule has 5 nitrogen and oxygen atoms in total. The first kappa shape index (κ1) is 20.3. The van der Waals surface area contributed by atoms with E-state index in [-0.39, 0.29) is 17.2 Å². The second kappa shape index (κ2) is 9.19. The molecular formula is C21H21ClN2O3S. The number of halogens is 1. The van der Waals surface area contributed by atoms with E-state index in [2.05, 4.69) is 4.98 Å². The van der Waals surface area contributed by atoms with E-state index >= 15 is 0 Å². The van der Waals surface area contributed by atoms with Crippen LogP contribution in [0.2, 0.25) is 5.02 Å². The van der Waals surface area contributed by atoms with Gasteiger partial charge in [0.2, 0.25) is 10.0 Å². The Balaban J connectivity index is 1.95. The van der Waals surface area contributed by atoms with Crippen LogP contribution in [0.5, 0.6) is 5.75 Å². The molecule has 146 valence electrons. The zero-order valence-electron chi connectivity index (χ0n) is 15.5. The highest BCUT2D eigenvalue weighted by Gasteiger charge is 2.28. The highest BCUT2D eigenvalue weighted by molar-refractivity contribution is 7.89. The first-order chi connectivity index (χ1) is 13.5. The normalized spacial score (nSPS) is 11.5. The smallest absolute Gasteiger partial charge is 0.247 e. The third kappa shape index (κ3) is 4.90. The lowest BCUT2D eigenvalue weighted by Crippen LogP contribution is -2.33. The molecule has 0 N–H and O–H groups in total. The molecule has 1 heterocycles. The summed E-state index contributed by atoms with van der Waals surface area (Å²) < 4.78 is 33.6. The molecule has 0 radical (unpaired) electrons. The highest BCUT2D eigenvalue weighted by atomic mass is 35.5. The average Bonchev–Trinajstić information content (AvgIpc) is 2.72. The maximum Gasteiger partial charge on any atom is 0.247 e. The van der Waals surface area contributed by atoms with Crippen molar-refractivity contribution in [2.24, 2.45) is 0 Å². The molecule has 0 aliphatic rings. The molecule has 1 aromatic heterocycles. The zero-order valence-corrected chi connectivity index (χ0v) is 17.0. The summed E-state index contributed by atoms with van der Waals surface area (Å²) in [6.07, 6.45) is 2.23. The van der Waals surface area contributed by atoms with Gasteiger partial charge in [-0.25, -0.2) is 8.42 Å². The van der Waals surface area contributed by atoms with Crippen molar-refractivity contribution in [1.82, 2.24) is 9.29 Å². The van der Waals surface area contributed by atoms with Gasteiger partial charge in [0.05, 0.1) is 19.3 Å². The van der Waals surface area contributed by atoms with Crippen molar-refractivity contribution in [1.29, 1.82) is 0 Å². The van der Waals surface area contributed by atoms with Crippen LogP contribution in [0.3, 0.4) is 0 Å². The number of hydrogen-bond acceptors (Lipinski definition) is 4. The fourth-order valence-electron chi connectivity index (χ4n) is 2.85. The minimum Gasteiger partial charge on any atom is -0.495 e. The van der Waals surface area contributed by atoms with Gasteiger partial charge >= 0.3 is 0 Å². The topological polar surface area (TPSA) is 59.5 Å². The molecule has 0 saturated carbocycles. The van der Waals surface area contributed by atoms with Gasteiger partial charge < -0.3 is 4.74 Å². The Morgan fingerprint density at radius 1 is 1.04 bits per heavy atom. The second-order valence-corrected chi connectivity index (χ2v) is 8.53. The number of sulfonamides is 1. The van der Waals surface area contributed by atoms with Crippen molar-refractivity contribution < 1.29 is 13.2 Å². The van der Waals surface area contributed by atoms with Crippen LogP contribution in [0.25, 0.3) is 0 Å². The monoisotopic (exact) mass is 416 g/mol. The molecule has 28 heavy (non-hydrogen) atoms. The summed E-state index contributed by atoms with van der Waals surface area (Å²) in [5.74, 6) is 0.259. The minimum absolute atomic E-state index is 0.0477. The largest absolute Gasteiger partial charge is 0.495 e. The molecule has 0 atom stereocenters. The summed E-state index contributed by atoms with van der Waals surface area (Å²) in [7, 11) is -2.41. The van der Waals surface area contributed by atoms with Crippen molar-refractivity contribution in [3.8, 4) is 5.75 Å². The van der Waals surface area contributed by atoms with Gasteiger partial charge in [-0.15, -0.1) is 0 Å². The van der Waals surface area contributed by atoms with Crippen molar-refractivity contribution in [3.05, 3.63) is 89.2 Å². The molecule has 0 spiro atoms. The number of benzene rings is 2. The Morgan fingerprint density at radius 3 is 2.46 bits per heavy atom. The van der Waals surface area contributed by atoms with E-state index in [4.69, 9.17) is 16.3 Å². The van der Waals surface area contributed by atoms with Crippen LogP contribution in [-0.4, -0.2) is 31.4 Å². The quantitative estimate of drug-likeness (QED) is 0.552. The van der Waals surface area contributed by atoms with Crippen molar-refractivity contribution in [3.63, 3.8) is 0 Å². The van der Waals surface area contributed by atoms with Gasteiger partial charge in [0.1, 0.15) is 10.6 Å². The summed E-state index contributed by atoms with van der Waals surface area (Å²) in [5, 5.41) is 0.334. The van der Waals surface area contributed by atoms with E-state index in [1.165, 1.54) is 17.5 Å². The summed E-state index contributed by atoms with van der Waals surface area (Å²) in [4.78, 5) is 4.33. The van der Waals surface area contributed by atoms with E-state index in [0.29, 0.717) is 23.7 Å². The van der Waals surface area contributed by atoms with Gasteiger partial charge in [-0.05, 0) is 42.3 Å². The number of ether oxygens (including phenoxy) is 1. The van der Waals surface area contributed by atoms with Crippen LogP contribution in [0.4, 0.5) is 0 Å². The molecule has 2 aromatic carbocycles. The van der Waals surface area contributed by atoms with E-state index < -0.39 is 10.0 Å². The van der Waals surface area contributed by atoms with Gasteiger partial charge in [-0.3, -0.25) is 4.98 Å². The molecule has 3 aromatic rings. The third-order valence-electron chi connectivity index (χ3n) is 4.30. The Morgan fingerprint density at radius 2 is 1.79 bits per heavy atom. The maximum absolute atomic E-state index is 13.4. The SMILES string of the molecule is COc1ccc(Cl)cc1S(=O)(=O)N(CCc1ccccc1)Cc1ccccn1. The molecule has 0 fully saturated rings. The number of hydrogen-bond donors (Lipinski definition) is 0.